The summed E-state index contributed by atoms with van der Waals surface area (Å²) in [6.07, 6.45) is 1.83. The highest BCUT2D eigenvalue weighted by atomic mass is 35.5. The molecule has 0 unspecified atom stereocenters. The van der Waals surface area contributed by atoms with Crippen LogP contribution in [0.4, 0.5) is 0 Å². The average Bonchev–Trinajstić information content (AvgIpc) is 3.36. The molecule has 3 heterocycles. The average molecular weight is 504 g/mol. The Kier molecular flexibility index (Phi) is 5.48. The summed E-state index contributed by atoms with van der Waals surface area (Å²) in [5, 5.41) is 12.5. The van der Waals surface area contributed by atoms with Crippen LogP contribution in [0.2, 0.25) is 5.02 Å². The number of aromatic amines is 1. The first-order chi connectivity index (χ1) is 18.1. The topological polar surface area (TPSA) is 91.9 Å². The largest absolute Gasteiger partial charge is 0.493 e. The number of hydrogen-bond acceptors (Lipinski definition) is 5. The van der Waals surface area contributed by atoms with Crippen LogP contribution in [0.5, 0.6) is 5.75 Å². The van der Waals surface area contributed by atoms with E-state index in [9.17, 15) is 10.1 Å². The molecular weight excluding hydrogens is 486 g/mol. The maximum absolute atomic E-state index is 13.2. The van der Waals surface area contributed by atoms with Crippen LogP contribution in [0, 0.1) is 11.3 Å². The molecule has 0 atom stereocenters. The zero-order chi connectivity index (χ0) is 25.5. The molecular formula is C30H18ClN3O3. The molecule has 6 rings (SSSR count). The second-order valence-electron chi connectivity index (χ2n) is 8.47. The van der Waals surface area contributed by atoms with Crippen molar-refractivity contribution >= 4 is 33.5 Å². The SMILES string of the molecule is COc1cccc2cc(-c3cc(-c4ccc(Cl)cc4)c(C#N)c(-c4c[nH]c5ccccc45)n3)c(=O)oc12. The Morgan fingerprint density at radius 1 is 0.973 bits per heavy atom. The van der Waals surface area contributed by atoms with Crippen LogP contribution in [0.25, 0.3) is 55.5 Å². The Hall–Kier alpha value is -4.86. The molecule has 1 N–H and O–H groups in total. The standard InChI is InChI=1S/C30H18ClN3O3/c1-36-27-8-4-5-18-13-22(30(35)37-29(18)27)26-14-21(17-9-11-19(31)12-10-17)23(15-32)28(34-26)24-16-33-25-7-3-2-6-20(24)25/h2-14,16,33H,1H3. The van der Waals surface area contributed by atoms with Crippen molar-refractivity contribution in [3.05, 3.63) is 106 Å². The summed E-state index contributed by atoms with van der Waals surface area (Å²) in [6.45, 7) is 0. The van der Waals surface area contributed by atoms with Gasteiger partial charge in [-0.2, -0.15) is 5.26 Å². The first kappa shape index (κ1) is 22.6. The first-order valence-corrected chi connectivity index (χ1v) is 11.8. The van der Waals surface area contributed by atoms with Gasteiger partial charge in [-0.1, -0.05) is 54.1 Å². The molecule has 0 aliphatic rings. The number of aromatic nitrogens is 2. The van der Waals surface area contributed by atoms with Crippen LogP contribution in [0.15, 0.2) is 94.3 Å². The van der Waals surface area contributed by atoms with Crippen molar-refractivity contribution in [1.29, 1.82) is 5.26 Å². The minimum atomic E-state index is -0.554. The Labute approximate surface area is 216 Å². The predicted octanol–water partition coefficient (Wildman–Crippen LogP) is 7.20. The van der Waals surface area contributed by atoms with Crippen molar-refractivity contribution in [2.75, 3.05) is 7.11 Å². The van der Waals surface area contributed by atoms with Crippen LogP contribution in [0.3, 0.4) is 0 Å². The second kappa shape index (κ2) is 8.98. The van der Waals surface area contributed by atoms with E-state index in [4.69, 9.17) is 25.7 Å². The van der Waals surface area contributed by atoms with E-state index in [2.05, 4.69) is 11.1 Å². The van der Waals surface area contributed by atoms with Crippen molar-refractivity contribution in [2.24, 2.45) is 0 Å². The summed E-state index contributed by atoms with van der Waals surface area (Å²) in [6, 6.07) is 26.2. The minimum absolute atomic E-state index is 0.279. The number of rotatable bonds is 4. The molecule has 0 radical (unpaired) electrons. The van der Waals surface area contributed by atoms with E-state index in [1.165, 1.54) is 7.11 Å². The lowest BCUT2D eigenvalue weighted by Crippen LogP contribution is -2.06. The summed E-state index contributed by atoms with van der Waals surface area (Å²) in [5.74, 6) is 0.468. The summed E-state index contributed by atoms with van der Waals surface area (Å²) in [7, 11) is 1.52. The number of nitrogens with one attached hydrogen (secondary N) is 1. The fourth-order valence-corrected chi connectivity index (χ4v) is 4.70. The molecule has 0 bridgehead atoms. The number of hydrogen-bond donors (Lipinski definition) is 1. The van der Waals surface area contributed by atoms with Crippen molar-refractivity contribution < 1.29 is 9.15 Å². The number of nitriles is 1. The first-order valence-electron chi connectivity index (χ1n) is 11.5. The van der Waals surface area contributed by atoms with Gasteiger partial charge in [0.15, 0.2) is 11.3 Å². The Morgan fingerprint density at radius 3 is 2.57 bits per heavy atom. The third kappa shape index (κ3) is 3.83. The number of halogens is 1. The van der Waals surface area contributed by atoms with E-state index in [0.717, 1.165) is 22.0 Å². The van der Waals surface area contributed by atoms with Crippen molar-refractivity contribution in [3.8, 4) is 45.5 Å². The van der Waals surface area contributed by atoms with Crippen LogP contribution in [-0.4, -0.2) is 17.1 Å². The molecule has 0 amide bonds. The van der Waals surface area contributed by atoms with Gasteiger partial charge in [0.1, 0.15) is 6.07 Å². The number of para-hydroxylation sites is 2. The van der Waals surface area contributed by atoms with Gasteiger partial charge in [0.25, 0.3) is 0 Å². The highest BCUT2D eigenvalue weighted by Gasteiger charge is 2.21. The van der Waals surface area contributed by atoms with E-state index < -0.39 is 5.63 Å². The third-order valence-corrected chi connectivity index (χ3v) is 6.60. The quantitative estimate of drug-likeness (QED) is 0.257. The van der Waals surface area contributed by atoms with Crippen molar-refractivity contribution in [3.63, 3.8) is 0 Å². The number of fused-ring (bicyclic) bond motifs is 2. The summed E-state index contributed by atoms with van der Waals surface area (Å²) in [4.78, 5) is 21.3. The van der Waals surface area contributed by atoms with Gasteiger partial charge in [0, 0.05) is 38.6 Å². The smallest absolute Gasteiger partial charge is 0.345 e. The van der Waals surface area contributed by atoms with E-state index >= 15 is 0 Å². The molecule has 0 aliphatic carbocycles. The van der Waals surface area contributed by atoms with E-state index in [1.807, 2.05) is 54.7 Å². The zero-order valence-corrected chi connectivity index (χ0v) is 20.3. The molecule has 6 nitrogen and oxygen atoms in total. The van der Waals surface area contributed by atoms with Crippen LogP contribution < -0.4 is 10.4 Å². The molecule has 0 spiro atoms. The number of H-pyrrole nitrogens is 1. The molecule has 0 fully saturated rings. The maximum atomic E-state index is 13.2. The van der Waals surface area contributed by atoms with Crippen LogP contribution >= 0.6 is 11.6 Å². The number of methoxy groups -OCH3 is 1. The lowest BCUT2D eigenvalue weighted by molar-refractivity contribution is 0.407. The van der Waals surface area contributed by atoms with Gasteiger partial charge < -0.3 is 14.1 Å². The second-order valence-corrected chi connectivity index (χ2v) is 8.91. The van der Waals surface area contributed by atoms with E-state index in [0.29, 0.717) is 44.3 Å². The van der Waals surface area contributed by atoms with E-state index in [-0.39, 0.29) is 5.56 Å². The van der Waals surface area contributed by atoms with Gasteiger partial charge >= 0.3 is 5.63 Å². The molecule has 3 aromatic carbocycles. The predicted molar refractivity (Wildman–Crippen MR) is 145 cm³/mol. The number of pyridine rings is 1. The van der Waals surface area contributed by atoms with Gasteiger partial charge in [0.2, 0.25) is 0 Å². The van der Waals surface area contributed by atoms with Gasteiger partial charge in [-0.15, -0.1) is 0 Å². The fraction of sp³-hybridized carbons (Fsp3) is 0.0333. The molecule has 178 valence electrons. The number of nitrogens with zero attached hydrogens (tertiary/aromatic N) is 2. The normalized spacial score (nSPS) is 11.1. The molecule has 0 aliphatic heterocycles. The summed E-state index contributed by atoms with van der Waals surface area (Å²) < 4.78 is 11.0. The van der Waals surface area contributed by atoms with E-state index in [1.54, 1.807) is 30.3 Å². The van der Waals surface area contributed by atoms with Gasteiger partial charge in [0.05, 0.1) is 29.6 Å². The Morgan fingerprint density at radius 2 is 1.78 bits per heavy atom. The van der Waals surface area contributed by atoms with Crippen LogP contribution in [-0.2, 0) is 0 Å². The minimum Gasteiger partial charge on any atom is -0.493 e. The maximum Gasteiger partial charge on any atom is 0.345 e. The fourth-order valence-electron chi connectivity index (χ4n) is 4.57. The van der Waals surface area contributed by atoms with Gasteiger partial charge in [-0.3, -0.25) is 0 Å². The Balaban J connectivity index is 1.68. The molecule has 37 heavy (non-hydrogen) atoms. The zero-order valence-electron chi connectivity index (χ0n) is 19.6. The molecule has 0 saturated carbocycles. The molecule has 6 aromatic rings. The monoisotopic (exact) mass is 503 g/mol. The summed E-state index contributed by atoms with van der Waals surface area (Å²) in [5.41, 5.74) is 4.42. The van der Waals surface area contributed by atoms with Gasteiger partial charge in [-0.05, 0) is 42.0 Å². The lowest BCUT2D eigenvalue weighted by atomic mass is 9.94. The summed E-state index contributed by atoms with van der Waals surface area (Å²) >= 11 is 6.13. The molecule has 0 saturated heterocycles. The van der Waals surface area contributed by atoms with Crippen molar-refractivity contribution in [2.45, 2.75) is 0 Å². The number of ether oxygens (including phenoxy) is 1. The highest BCUT2D eigenvalue weighted by Crippen LogP contribution is 2.37. The highest BCUT2D eigenvalue weighted by molar-refractivity contribution is 6.30. The number of benzene rings is 3. The third-order valence-electron chi connectivity index (χ3n) is 6.35. The molecule has 3 aromatic heterocycles. The molecule has 7 heteroatoms. The lowest BCUT2D eigenvalue weighted by Gasteiger charge is -2.13. The Bertz CT molecular complexity index is 1910. The van der Waals surface area contributed by atoms with Crippen LogP contribution in [0.1, 0.15) is 5.56 Å². The van der Waals surface area contributed by atoms with Crippen molar-refractivity contribution in [1.82, 2.24) is 9.97 Å². The van der Waals surface area contributed by atoms with Gasteiger partial charge in [-0.25, -0.2) is 9.78 Å².